The fourth-order valence-electron chi connectivity index (χ4n) is 2.50. The second kappa shape index (κ2) is 4.40. The van der Waals surface area contributed by atoms with Gasteiger partial charge in [-0.3, -0.25) is 4.79 Å². The number of nitrogens with zero attached hydrogens (tertiary/aromatic N) is 1. The van der Waals surface area contributed by atoms with Gasteiger partial charge in [0.25, 0.3) is 0 Å². The van der Waals surface area contributed by atoms with Gasteiger partial charge in [-0.2, -0.15) is 5.26 Å². The Hall–Kier alpha value is -2.34. The molecule has 1 N–H and O–H groups in total. The average molecular weight is 250 g/mol. The molecule has 2 aromatic carbocycles. The summed E-state index contributed by atoms with van der Waals surface area (Å²) < 4.78 is 0. The molecule has 1 aliphatic carbocycles. The number of carbonyl (C=O) groups is 1. The quantitative estimate of drug-likeness (QED) is 0.887. The number of amides is 1. The van der Waals surface area contributed by atoms with E-state index in [0.29, 0.717) is 12.8 Å². The zero-order valence-corrected chi connectivity index (χ0v) is 10.5. The molecule has 1 aliphatic rings. The second-order valence-electron chi connectivity index (χ2n) is 5.03. The number of nitriles is 1. The van der Waals surface area contributed by atoms with Gasteiger partial charge in [-0.15, -0.1) is 0 Å². The second-order valence-corrected chi connectivity index (χ2v) is 5.03. The molecular weight excluding hydrogens is 236 g/mol. The third kappa shape index (κ3) is 1.86. The summed E-state index contributed by atoms with van der Waals surface area (Å²) in [7, 11) is 0. The number of nitrogens with one attached hydrogen (secondary N) is 1. The molecule has 19 heavy (non-hydrogen) atoms. The molecule has 0 unspecified atom stereocenters. The van der Waals surface area contributed by atoms with Crippen LogP contribution >= 0.6 is 0 Å². The van der Waals surface area contributed by atoms with Crippen LogP contribution in [-0.2, 0) is 4.79 Å². The van der Waals surface area contributed by atoms with Gasteiger partial charge in [0.2, 0.25) is 5.91 Å². The van der Waals surface area contributed by atoms with Crippen molar-refractivity contribution in [3.05, 3.63) is 42.5 Å². The minimum atomic E-state index is -0.809. The van der Waals surface area contributed by atoms with Crippen LogP contribution in [0.15, 0.2) is 42.5 Å². The highest BCUT2D eigenvalue weighted by Crippen LogP contribution is 2.41. The van der Waals surface area contributed by atoms with E-state index in [9.17, 15) is 10.1 Å². The first-order valence-corrected chi connectivity index (χ1v) is 6.46. The van der Waals surface area contributed by atoms with Crippen molar-refractivity contribution < 1.29 is 4.79 Å². The summed E-state index contributed by atoms with van der Waals surface area (Å²) in [6.45, 7) is 0. The van der Waals surface area contributed by atoms with Gasteiger partial charge in [0.1, 0.15) is 5.41 Å². The van der Waals surface area contributed by atoms with E-state index in [-0.39, 0.29) is 5.91 Å². The van der Waals surface area contributed by atoms with Gasteiger partial charge in [-0.05, 0) is 30.7 Å². The Morgan fingerprint density at radius 3 is 2.58 bits per heavy atom. The summed E-state index contributed by atoms with van der Waals surface area (Å²) in [4.78, 5) is 12.3. The molecule has 2 aromatic rings. The molecule has 0 aliphatic heterocycles. The molecule has 0 radical (unpaired) electrons. The number of fused-ring (bicyclic) bond motifs is 1. The lowest BCUT2D eigenvalue weighted by Crippen LogP contribution is -2.40. The first-order chi connectivity index (χ1) is 9.25. The van der Waals surface area contributed by atoms with Crippen molar-refractivity contribution in [2.45, 2.75) is 19.3 Å². The van der Waals surface area contributed by atoms with Gasteiger partial charge >= 0.3 is 0 Å². The monoisotopic (exact) mass is 250 g/mol. The van der Waals surface area contributed by atoms with Crippen molar-refractivity contribution in [1.82, 2.24) is 0 Å². The van der Waals surface area contributed by atoms with Crippen LogP contribution in [0.2, 0.25) is 0 Å². The van der Waals surface area contributed by atoms with Crippen LogP contribution < -0.4 is 5.32 Å². The van der Waals surface area contributed by atoms with Gasteiger partial charge in [0.15, 0.2) is 0 Å². The van der Waals surface area contributed by atoms with Crippen LogP contribution in [0.3, 0.4) is 0 Å². The smallest absolute Gasteiger partial charge is 0.244 e. The Bertz CT molecular complexity index is 675. The molecule has 3 heteroatoms. The van der Waals surface area contributed by atoms with Crippen molar-refractivity contribution in [3.63, 3.8) is 0 Å². The van der Waals surface area contributed by atoms with Crippen molar-refractivity contribution in [1.29, 1.82) is 5.26 Å². The fraction of sp³-hybridized carbons (Fsp3) is 0.250. The number of anilines is 1. The van der Waals surface area contributed by atoms with E-state index in [1.54, 1.807) is 0 Å². The molecule has 1 fully saturated rings. The van der Waals surface area contributed by atoms with E-state index in [0.717, 1.165) is 22.9 Å². The number of rotatable bonds is 2. The predicted molar refractivity (Wildman–Crippen MR) is 74.5 cm³/mol. The Kier molecular flexibility index (Phi) is 2.72. The molecule has 3 rings (SSSR count). The maximum absolute atomic E-state index is 12.3. The summed E-state index contributed by atoms with van der Waals surface area (Å²) in [5.74, 6) is -0.169. The Balaban J connectivity index is 1.94. The van der Waals surface area contributed by atoms with E-state index >= 15 is 0 Å². The number of benzene rings is 2. The number of hydrogen-bond donors (Lipinski definition) is 1. The minimum Gasteiger partial charge on any atom is -0.324 e. The summed E-state index contributed by atoms with van der Waals surface area (Å²) in [6, 6.07) is 15.9. The summed E-state index contributed by atoms with van der Waals surface area (Å²) >= 11 is 0. The molecule has 1 saturated carbocycles. The van der Waals surface area contributed by atoms with E-state index in [1.165, 1.54) is 0 Å². The lowest BCUT2D eigenvalue weighted by molar-refractivity contribution is -0.126. The van der Waals surface area contributed by atoms with Gasteiger partial charge in [-0.25, -0.2) is 0 Å². The molecule has 0 aromatic heterocycles. The van der Waals surface area contributed by atoms with E-state index in [2.05, 4.69) is 11.4 Å². The van der Waals surface area contributed by atoms with Crippen LogP contribution in [0.25, 0.3) is 10.8 Å². The van der Waals surface area contributed by atoms with E-state index in [1.807, 2.05) is 42.5 Å². The van der Waals surface area contributed by atoms with Gasteiger partial charge < -0.3 is 5.32 Å². The molecule has 0 saturated heterocycles. The highest BCUT2D eigenvalue weighted by Gasteiger charge is 2.44. The Morgan fingerprint density at radius 2 is 1.89 bits per heavy atom. The SMILES string of the molecule is N#CC1(C(=O)Nc2cccc3ccccc23)CCC1. The van der Waals surface area contributed by atoms with Crippen LogP contribution in [0.4, 0.5) is 5.69 Å². The molecule has 3 nitrogen and oxygen atoms in total. The van der Waals surface area contributed by atoms with Crippen molar-refractivity contribution in [2.24, 2.45) is 5.41 Å². The van der Waals surface area contributed by atoms with Crippen molar-refractivity contribution >= 4 is 22.4 Å². The highest BCUT2D eigenvalue weighted by atomic mass is 16.2. The Labute approximate surface area is 111 Å². The largest absolute Gasteiger partial charge is 0.324 e. The molecule has 0 atom stereocenters. The molecule has 94 valence electrons. The lowest BCUT2D eigenvalue weighted by Gasteiger charge is -2.33. The maximum atomic E-state index is 12.3. The zero-order valence-electron chi connectivity index (χ0n) is 10.5. The summed E-state index contributed by atoms with van der Waals surface area (Å²) in [5.41, 5.74) is -0.0265. The number of carbonyl (C=O) groups excluding carboxylic acids is 1. The normalized spacial score (nSPS) is 16.4. The maximum Gasteiger partial charge on any atom is 0.244 e. The summed E-state index contributed by atoms with van der Waals surface area (Å²) in [5, 5.41) is 14.2. The van der Waals surface area contributed by atoms with Crippen molar-refractivity contribution in [2.75, 3.05) is 5.32 Å². The van der Waals surface area contributed by atoms with Crippen LogP contribution in [0, 0.1) is 16.7 Å². The third-order valence-electron chi connectivity index (χ3n) is 3.89. The predicted octanol–water partition coefficient (Wildman–Crippen LogP) is 3.47. The highest BCUT2D eigenvalue weighted by molar-refractivity contribution is 6.05. The van der Waals surface area contributed by atoms with Crippen LogP contribution in [0.5, 0.6) is 0 Å². The zero-order chi connectivity index (χ0) is 13.3. The van der Waals surface area contributed by atoms with E-state index < -0.39 is 5.41 Å². The van der Waals surface area contributed by atoms with Crippen molar-refractivity contribution in [3.8, 4) is 6.07 Å². The van der Waals surface area contributed by atoms with Gasteiger partial charge in [0, 0.05) is 11.1 Å². The van der Waals surface area contributed by atoms with E-state index in [4.69, 9.17) is 0 Å². The molecule has 0 spiro atoms. The van der Waals surface area contributed by atoms with Crippen LogP contribution in [-0.4, -0.2) is 5.91 Å². The topological polar surface area (TPSA) is 52.9 Å². The minimum absolute atomic E-state index is 0.169. The molecule has 1 amide bonds. The molecular formula is C16H14N2O. The third-order valence-corrected chi connectivity index (χ3v) is 3.89. The Morgan fingerprint density at radius 1 is 1.16 bits per heavy atom. The summed E-state index contributed by atoms with van der Waals surface area (Å²) in [6.07, 6.45) is 2.29. The fourth-order valence-corrected chi connectivity index (χ4v) is 2.50. The lowest BCUT2D eigenvalue weighted by atomic mass is 9.69. The number of hydrogen-bond acceptors (Lipinski definition) is 2. The first kappa shape index (κ1) is 11.7. The standard InChI is InChI=1S/C16H14N2O/c17-11-16(9-4-10-16)15(19)18-14-8-3-6-12-5-1-2-7-13(12)14/h1-3,5-8H,4,9-10H2,(H,18,19). The van der Waals surface area contributed by atoms with Crippen LogP contribution in [0.1, 0.15) is 19.3 Å². The average Bonchev–Trinajstić information content (AvgIpc) is 2.38. The molecule has 0 heterocycles. The first-order valence-electron chi connectivity index (χ1n) is 6.46. The van der Waals surface area contributed by atoms with Gasteiger partial charge in [0.05, 0.1) is 6.07 Å². The van der Waals surface area contributed by atoms with Gasteiger partial charge in [-0.1, -0.05) is 36.4 Å². The molecule has 0 bridgehead atoms.